The Morgan fingerprint density at radius 3 is 2.50 bits per heavy atom. The molecular weight excluding hydrogens is 242 g/mol. The lowest BCUT2D eigenvalue weighted by atomic mass is 10.1. The molecule has 0 saturated carbocycles. The lowest BCUT2D eigenvalue weighted by Gasteiger charge is -2.03. The summed E-state index contributed by atoms with van der Waals surface area (Å²) in [4.78, 5) is 31.2. The molecule has 8 nitrogen and oxygen atoms in total. The van der Waals surface area contributed by atoms with Crippen LogP contribution in [-0.2, 0) is 0 Å². The van der Waals surface area contributed by atoms with Gasteiger partial charge in [0.1, 0.15) is 5.56 Å². The summed E-state index contributed by atoms with van der Waals surface area (Å²) in [5, 5.41) is 23.6. The lowest BCUT2D eigenvalue weighted by molar-refractivity contribution is -0.394. The number of nitrogens with one attached hydrogen (secondary N) is 1. The second-order valence-electron chi connectivity index (χ2n) is 3.21. The van der Waals surface area contributed by atoms with E-state index in [9.17, 15) is 25.0 Å². The predicted molar refractivity (Wildman–Crippen MR) is 62.3 cm³/mol. The summed E-state index contributed by atoms with van der Waals surface area (Å²) in [6.07, 6.45) is 1.41. The summed E-state index contributed by atoms with van der Waals surface area (Å²) in [6.45, 7) is 3.53. The monoisotopic (exact) mass is 251 g/mol. The molecule has 1 amide bonds. The van der Waals surface area contributed by atoms with Crippen LogP contribution in [0.1, 0.15) is 10.4 Å². The van der Waals surface area contributed by atoms with E-state index in [1.165, 1.54) is 6.08 Å². The second-order valence-corrected chi connectivity index (χ2v) is 3.21. The van der Waals surface area contributed by atoms with Gasteiger partial charge in [-0.1, -0.05) is 6.08 Å². The highest BCUT2D eigenvalue weighted by Gasteiger charge is 2.23. The van der Waals surface area contributed by atoms with E-state index in [-0.39, 0.29) is 12.1 Å². The van der Waals surface area contributed by atoms with Gasteiger partial charge in [0.15, 0.2) is 0 Å². The van der Waals surface area contributed by atoms with Crippen LogP contribution >= 0.6 is 0 Å². The summed E-state index contributed by atoms with van der Waals surface area (Å²) in [5.74, 6) is -0.684. The summed E-state index contributed by atoms with van der Waals surface area (Å²) >= 11 is 0. The maximum absolute atomic E-state index is 11.6. The van der Waals surface area contributed by atoms with Crippen molar-refractivity contribution in [1.82, 2.24) is 5.32 Å². The highest BCUT2D eigenvalue weighted by atomic mass is 16.6. The smallest absolute Gasteiger partial charge is 0.289 e. The van der Waals surface area contributed by atoms with Crippen LogP contribution in [0.2, 0.25) is 0 Å². The molecule has 1 aromatic carbocycles. The number of rotatable bonds is 5. The Hall–Kier alpha value is -2.77. The first-order valence-corrected chi connectivity index (χ1v) is 4.79. The number of carbonyl (C=O) groups excluding carboxylic acids is 1. The minimum Gasteiger partial charge on any atom is -0.348 e. The van der Waals surface area contributed by atoms with Gasteiger partial charge in [0, 0.05) is 12.6 Å². The van der Waals surface area contributed by atoms with Crippen molar-refractivity contribution < 1.29 is 14.6 Å². The Morgan fingerprint density at radius 1 is 1.33 bits per heavy atom. The molecule has 18 heavy (non-hydrogen) atoms. The molecule has 0 unspecified atom stereocenters. The van der Waals surface area contributed by atoms with Gasteiger partial charge in [-0.25, -0.2) is 0 Å². The Labute approximate surface area is 101 Å². The van der Waals surface area contributed by atoms with Crippen LogP contribution in [-0.4, -0.2) is 22.3 Å². The van der Waals surface area contributed by atoms with E-state index >= 15 is 0 Å². The zero-order chi connectivity index (χ0) is 13.7. The van der Waals surface area contributed by atoms with Crippen molar-refractivity contribution in [2.45, 2.75) is 0 Å². The van der Waals surface area contributed by atoms with Gasteiger partial charge in [0.25, 0.3) is 17.3 Å². The number of benzene rings is 1. The molecule has 0 atom stereocenters. The zero-order valence-corrected chi connectivity index (χ0v) is 9.16. The van der Waals surface area contributed by atoms with E-state index < -0.39 is 27.1 Å². The SMILES string of the molecule is C=CCNC(=O)c1ccc([N+](=O)[O-])cc1[N+](=O)[O-]. The topological polar surface area (TPSA) is 115 Å². The van der Waals surface area contributed by atoms with Crippen molar-refractivity contribution in [3.63, 3.8) is 0 Å². The number of hydrogen-bond donors (Lipinski definition) is 1. The molecule has 0 aliphatic carbocycles. The van der Waals surface area contributed by atoms with Gasteiger partial charge in [-0.05, 0) is 6.07 Å². The van der Waals surface area contributed by atoms with Crippen LogP contribution in [0, 0.1) is 20.2 Å². The third-order valence-corrected chi connectivity index (χ3v) is 2.04. The number of non-ortho nitro benzene ring substituents is 1. The van der Waals surface area contributed by atoms with Crippen LogP contribution in [0.25, 0.3) is 0 Å². The maximum atomic E-state index is 11.6. The van der Waals surface area contributed by atoms with E-state index in [2.05, 4.69) is 11.9 Å². The molecule has 0 fully saturated rings. The fraction of sp³-hybridized carbons (Fsp3) is 0.100. The van der Waals surface area contributed by atoms with Crippen molar-refractivity contribution in [3.05, 3.63) is 56.6 Å². The van der Waals surface area contributed by atoms with E-state index in [0.29, 0.717) is 0 Å². The molecule has 0 heterocycles. The molecule has 0 spiro atoms. The Morgan fingerprint density at radius 2 is 2.00 bits per heavy atom. The first-order chi connectivity index (χ1) is 8.47. The first kappa shape index (κ1) is 13.3. The molecule has 0 aliphatic heterocycles. The number of nitrogens with zero attached hydrogens (tertiary/aromatic N) is 2. The third kappa shape index (κ3) is 2.88. The average Bonchev–Trinajstić information content (AvgIpc) is 2.34. The van der Waals surface area contributed by atoms with Gasteiger partial charge in [-0.3, -0.25) is 25.0 Å². The summed E-state index contributed by atoms with van der Waals surface area (Å²) in [6, 6.07) is 2.84. The van der Waals surface area contributed by atoms with E-state index in [1.807, 2.05) is 0 Å². The summed E-state index contributed by atoms with van der Waals surface area (Å²) in [7, 11) is 0. The van der Waals surface area contributed by atoms with Gasteiger partial charge in [0.05, 0.1) is 15.9 Å². The maximum Gasteiger partial charge on any atom is 0.289 e. The van der Waals surface area contributed by atoms with E-state index in [1.54, 1.807) is 0 Å². The quantitative estimate of drug-likeness (QED) is 0.482. The number of hydrogen-bond acceptors (Lipinski definition) is 5. The Kier molecular flexibility index (Phi) is 4.08. The second kappa shape index (κ2) is 5.53. The van der Waals surface area contributed by atoms with Crippen LogP contribution in [0.5, 0.6) is 0 Å². The van der Waals surface area contributed by atoms with Crippen molar-refractivity contribution in [1.29, 1.82) is 0 Å². The number of carbonyl (C=O) groups is 1. The van der Waals surface area contributed by atoms with E-state index in [4.69, 9.17) is 0 Å². The fourth-order valence-corrected chi connectivity index (χ4v) is 1.24. The standard InChI is InChI=1S/C10H9N3O5/c1-2-5-11-10(14)8-4-3-7(12(15)16)6-9(8)13(17)18/h2-4,6H,1,5H2,(H,11,14). The summed E-state index contributed by atoms with van der Waals surface area (Å²) in [5.41, 5.74) is -1.28. The minimum atomic E-state index is -0.837. The normalized spacial score (nSPS) is 9.56. The van der Waals surface area contributed by atoms with Gasteiger partial charge < -0.3 is 5.32 Å². The fourth-order valence-electron chi connectivity index (χ4n) is 1.24. The molecule has 0 aromatic heterocycles. The Balaban J connectivity index is 3.19. The number of nitro benzene ring substituents is 2. The van der Waals surface area contributed by atoms with Crippen LogP contribution in [0.3, 0.4) is 0 Å². The summed E-state index contributed by atoms with van der Waals surface area (Å²) < 4.78 is 0. The third-order valence-electron chi connectivity index (χ3n) is 2.04. The van der Waals surface area contributed by atoms with Gasteiger partial charge in [0.2, 0.25) is 0 Å². The van der Waals surface area contributed by atoms with Gasteiger partial charge in [-0.15, -0.1) is 6.58 Å². The molecule has 0 bridgehead atoms. The van der Waals surface area contributed by atoms with Gasteiger partial charge in [-0.2, -0.15) is 0 Å². The predicted octanol–water partition coefficient (Wildman–Crippen LogP) is 1.42. The highest BCUT2D eigenvalue weighted by Crippen LogP contribution is 2.24. The molecule has 1 aromatic rings. The zero-order valence-electron chi connectivity index (χ0n) is 9.16. The van der Waals surface area contributed by atoms with Crippen LogP contribution in [0.4, 0.5) is 11.4 Å². The molecular formula is C10H9N3O5. The largest absolute Gasteiger partial charge is 0.348 e. The van der Waals surface area contributed by atoms with Crippen molar-refractivity contribution in [3.8, 4) is 0 Å². The van der Waals surface area contributed by atoms with Crippen LogP contribution in [0.15, 0.2) is 30.9 Å². The van der Waals surface area contributed by atoms with Crippen LogP contribution < -0.4 is 5.32 Å². The van der Waals surface area contributed by atoms with Gasteiger partial charge >= 0.3 is 0 Å². The number of nitro groups is 2. The lowest BCUT2D eigenvalue weighted by Crippen LogP contribution is -2.24. The molecule has 1 N–H and O–H groups in total. The van der Waals surface area contributed by atoms with E-state index in [0.717, 1.165) is 18.2 Å². The van der Waals surface area contributed by atoms with Crippen molar-refractivity contribution in [2.75, 3.05) is 6.54 Å². The Bertz CT molecular complexity index is 526. The van der Waals surface area contributed by atoms with Crippen molar-refractivity contribution >= 4 is 17.3 Å². The molecule has 0 saturated heterocycles. The van der Waals surface area contributed by atoms with Crippen molar-refractivity contribution in [2.24, 2.45) is 0 Å². The molecule has 0 aliphatic rings. The highest BCUT2D eigenvalue weighted by molar-refractivity contribution is 5.98. The molecule has 1 rings (SSSR count). The molecule has 0 radical (unpaired) electrons. The molecule has 94 valence electrons. The minimum absolute atomic E-state index is 0.146. The molecule has 8 heteroatoms. The average molecular weight is 251 g/mol. The number of amides is 1. The first-order valence-electron chi connectivity index (χ1n) is 4.79.